The van der Waals surface area contributed by atoms with E-state index in [0.717, 1.165) is 22.6 Å². The summed E-state index contributed by atoms with van der Waals surface area (Å²) in [5.41, 5.74) is 3.62. The Morgan fingerprint density at radius 2 is 1.14 bits per heavy atom. The molecule has 0 saturated heterocycles. The van der Waals surface area contributed by atoms with Gasteiger partial charge >= 0.3 is 59.3 Å². The van der Waals surface area contributed by atoms with Gasteiger partial charge in [0.05, 0.1) is 17.1 Å². The predicted octanol–water partition coefficient (Wildman–Crippen LogP) is 3.84. The van der Waals surface area contributed by atoms with Gasteiger partial charge in [0, 0.05) is 24.2 Å². The molecule has 0 aliphatic carbocycles. The van der Waals surface area contributed by atoms with E-state index in [0.29, 0.717) is 0 Å². The maximum Gasteiger partial charge on any atom is 0.0980 e. The van der Waals surface area contributed by atoms with Gasteiger partial charge in [0.1, 0.15) is 0 Å². The predicted molar refractivity (Wildman–Crippen MR) is 94.8 cm³/mol. The van der Waals surface area contributed by atoms with Crippen LogP contribution < -0.4 is 0 Å². The number of hydrogen-bond acceptors (Lipinski definition) is 6. The van der Waals surface area contributed by atoms with Crippen LogP contribution in [0.4, 0.5) is 14.4 Å². The minimum Gasteiger partial charge on any atom is -0.256 e. The molecule has 0 aromatic carbocycles. The number of nitrogens with zero attached hydrogens (tertiary/aromatic N) is 3. The molecule has 0 aliphatic rings. The Bertz CT molecular complexity index is 878. The van der Waals surface area contributed by atoms with Gasteiger partial charge in [-0.15, -0.1) is 0 Å². The van der Waals surface area contributed by atoms with E-state index in [4.69, 9.17) is 15.3 Å². The van der Waals surface area contributed by atoms with Crippen molar-refractivity contribution in [1.82, 2.24) is 15.0 Å². The molecule has 0 fully saturated rings. The third kappa shape index (κ3) is 5.49. The van der Waals surface area contributed by atoms with E-state index in [2.05, 4.69) is 15.0 Å². The molecule has 0 unspecified atom stereocenters. The zero-order chi connectivity index (χ0) is 20.5. The number of hydrogen-bond donors (Lipinski definition) is 3. The molecule has 0 saturated carbocycles. The molecule has 3 aromatic heterocycles. The molecule has 0 atom stereocenters. The fourth-order valence-electron chi connectivity index (χ4n) is 2.04. The van der Waals surface area contributed by atoms with Gasteiger partial charge in [0.15, 0.2) is 0 Å². The first kappa shape index (κ1) is 20.8. The van der Waals surface area contributed by atoms with Crippen molar-refractivity contribution in [1.29, 1.82) is 0 Å². The second-order valence-electron chi connectivity index (χ2n) is 4.82. The Labute approximate surface area is 164 Å². The summed E-state index contributed by atoms with van der Waals surface area (Å²) in [4.78, 5) is 42.8. The number of aromatic nitrogens is 3. The summed E-state index contributed by atoms with van der Waals surface area (Å²) in [5, 5.41) is 24.0. The number of pyridine rings is 3. The van der Waals surface area contributed by atoms with Crippen molar-refractivity contribution in [2.24, 2.45) is 0 Å². The van der Waals surface area contributed by atoms with Crippen molar-refractivity contribution in [2.75, 3.05) is 0 Å². The molecule has 10 heteroatoms. The molecule has 0 bridgehead atoms. The van der Waals surface area contributed by atoms with Crippen LogP contribution in [0.2, 0.25) is 0 Å². The summed E-state index contributed by atoms with van der Waals surface area (Å²) in [7, 11) is 0. The molecule has 145 valence electrons. The van der Waals surface area contributed by atoms with E-state index >= 15 is 0 Å². The monoisotopic (exact) mass is 470 g/mol. The van der Waals surface area contributed by atoms with Crippen molar-refractivity contribution < 1.29 is 45.7 Å². The molecule has 0 radical (unpaired) electrons. The van der Waals surface area contributed by atoms with Crippen LogP contribution in [0.1, 0.15) is 0 Å². The van der Waals surface area contributed by atoms with Crippen LogP contribution in [0.3, 0.4) is 0 Å². The summed E-state index contributed by atoms with van der Waals surface area (Å²) in [6.07, 6.45) is 5.33. The van der Waals surface area contributed by atoms with Gasteiger partial charge in [-0.25, -0.2) is 0 Å². The fraction of sp³-hybridized carbons (Fsp3) is 0. The van der Waals surface area contributed by atoms with Gasteiger partial charge in [-0.3, -0.25) is 15.0 Å². The van der Waals surface area contributed by atoms with E-state index in [9.17, 15) is 14.4 Å². The van der Waals surface area contributed by atoms with Crippen LogP contribution in [0.5, 0.6) is 0 Å². The van der Waals surface area contributed by atoms with Crippen LogP contribution >= 0.6 is 0 Å². The van der Waals surface area contributed by atoms with Crippen LogP contribution in [-0.2, 0) is 16.0 Å². The van der Waals surface area contributed by atoms with Crippen molar-refractivity contribution >= 4 is 13.7 Å². The standard InChI is InChI=1S/C15H11N3.3CHO2.Ru/c1-3-9-16-13(7-1)12-6-5-11-18-15(12)14-8-2-4-10-17-14;3*2-1-3;/h1-11H;3*(H,2,3);. The van der Waals surface area contributed by atoms with Gasteiger partial charge in [0.25, 0.3) is 0 Å². The molecular weight excluding hydrogens is 455 g/mol. The second-order valence-corrected chi connectivity index (χ2v) is 8.36. The third-order valence-electron chi connectivity index (χ3n) is 3.11. The van der Waals surface area contributed by atoms with Gasteiger partial charge < -0.3 is 0 Å². The molecule has 3 heterocycles. The zero-order valence-corrected chi connectivity index (χ0v) is 15.9. The molecular formula is C18H14N3O6Ru. The van der Waals surface area contributed by atoms with E-state index in [1.807, 2.05) is 48.5 Å². The van der Waals surface area contributed by atoms with Gasteiger partial charge in [-0.1, -0.05) is 12.1 Å². The van der Waals surface area contributed by atoms with Crippen LogP contribution in [0.15, 0.2) is 67.1 Å². The van der Waals surface area contributed by atoms with Gasteiger partial charge in [-0.2, -0.15) is 0 Å². The molecule has 28 heavy (non-hydrogen) atoms. The average molecular weight is 469 g/mol. The Morgan fingerprint density at radius 3 is 1.57 bits per heavy atom. The second kappa shape index (κ2) is 9.98. The van der Waals surface area contributed by atoms with E-state index < -0.39 is 29.6 Å². The van der Waals surface area contributed by atoms with Crippen molar-refractivity contribution in [2.45, 2.75) is 0 Å². The van der Waals surface area contributed by atoms with E-state index in [-0.39, 0.29) is 0 Å². The molecule has 3 N–H and O–H groups in total. The Morgan fingerprint density at radius 1 is 0.643 bits per heavy atom. The first-order chi connectivity index (χ1) is 13.4. The molecule has 9 nitrogen and oxygen atoms in total. The molecule has 3 aromatic rings. The van der Waals surface area contributed by atoms with Crippen LogP contribution in [0, 0.1) is 0 Å². The summed E-state index contributed by atoms with van der Waals surface area (Å²) in [5.74, 6) is 0. The zero-order valence-electron chi connectivity index (χ0n) is 14.1. The number of rotatable bonds is 5. The van der Waals surface area contributed by atoms with E-state index in [1.165, 1.54) is 0 Å². The number of carbonyl (C=O) groups is 3. The number of carboxylic acid groups (broad SMARTS) is 3. The summed E-state index contributed by atoms with van der Waals surface area (Å²) in [6.45, 7) is 0. The first-order valence-corrected chi connectivity index (χ1v) is 10.1. The molecule has 0 spiro atoms. The van der Waals surface area contributed by atoms with Crippen molar-refractivity contribution in [3.05, 3.63) is 67.1 Å². The molecule has 3 rings (SSSR count). The Balaban J connectivity index is 0.000000242. The molecule has 0 amide bonds. The van der Waals surface area contributed by atoms with Gasteiger partial charge in [0.2, 0.25) is 0 Å². The van der Waals surface area contributed by atoms with E-state index in [1.54, 1.807) is 18.6 Å². The maximum absolute atomic E-state index is 9.88. The average Bonchev–Trinajstić information content (AvgIpc) is 2.69. The summed E-state index contributed by atoms with van der Waals surface area (Å²) >= 11 is -3.75. The topological polar surface area (TPSA) is 151 Å². The van der Waals surface area contributed by atoms with Crippen molar-refractivity contribution in [3.8, 4) is 22.6 Å². The van der Waals surface area contributed by atoms with Crippen LogP contribution in [0.25, 0.3) is 22.6 Å². The summed E-state index contributed by atoms with van der Waals surface area (Å²) in [6, 6.07) is 15.6. The van der Waals surface area contributed by atoms with Crippen LogP contribution in [-0.4, -0.2) is 44.0 Å². The van der Waals surface area contributed by atoms with Crippen molar-refractivity contribution in [3.63, 3.8) is 0 Å². The van der Waals surface area contributed by atoms with Gasteiger partial charge in [-0.05, 0) is 36.4 Å². The minimum atomic E-state index is -3.75. The Hall–Kier alpha value is -3.52. The SMILES string of the molecule is O=[C](O)[Ru]([C](=O)O)[C](=O)O.c1ccc(-c2cccnc2-c2ccccn2)nc1. The third-order valence-corrected chi connectivity index (χ3v) is 5.34. The smallest absolute Gasteiger partial charge is 0.0980 e. The fourth-order valence-corrected chi connectivity index (χ4v) is 2.99. The maximum atomic E-state index is 9.88. The quantitative estimate of drug-likeness (QED) is 0.473. The largest absolute Gasteiger partial charge is 0.256 e. The normalized spacial score (nSPS) is 10.2. The Kier molecular flexibility index (Phi) is 7.41. The summed E-state index contributed by atoms with van der Waals surface area (Å²) < 4.78 is -5.19. The first-order valence-electron chi connectivity index (χ1n) is 7.54. The molecule has 0 aliphatic heterocycles. The minimum absolute atomic E-state index is 0.858.